The van der Waals surface area contributed by atoms with Crippen LogP contribution in [0.3, 0.4) is 0 Å². The van der Waals surface area contributed by atoms with Gasteiger partial charge in [-0.2, -0.15) is 0 Å². The van der Waals surface area contributed by atoms with Crippen LogP contribution in [-0.4, -0.2) is 33.0 Å². The number of hydrogen-bond donors (Lipinski definition) is 1. The number of nitrogens with one attached hydrogen (secondary N) is 1. The highest BCUT2D eigenvalue weighted by atomic mass is 16.5. The van der Waals surface area contributed by atoms with Crippen molar-refractivity contribution in [2.24, 2.45) is 5.92 Å². The van der Waals surface area contributed by atoms with E-state index in [1.807, 2.05) is 6.07 Å². The average molecular weight is 291 g/mol. The van der Waals surface area contributed by atoms with Crippen LogP contribution in [0.1, 0.15) is 37.8 Å². The number of hydrogen-bond acceptors (Lipinski definition) is 4. The van der Waals surface area contributed by atoms with Gasteiger partial charge in [0.25, 0.3) is 0 Å². The van der Waals surface area contributed by atoms with Crippen LogP contribution in [0.5, 0.6) is 11.5 Å². The third-order valence-electron chi connectivity index (χ3n) is 4.33. The van der Waals surface area contributed by atoms with Crippen LogP contribution >= 0.6 is 0 Å². The molecule has 0 spiro atoms. The molecule has 0 aromatic heterocycles. The van der Waals surface area contributed by atoms with Gasteiger partial charge in [0.2, 0.25) is 0 Å². The second kappa shape index (κ2) is 7.14. The monoisotopic (exact) mass is 291 g/mol. The van der Waals surface area contributed by atoms with E-state index in [2.05, 4.69) is 24.4 Å². The van der Waals surface area contributed by atoms with Crippen molar-refractivity contribution in [3.63, 3.8) is 0 Å². The molecule has 0 bridgehead atoms. The lowest BCUT2D eigenvalue weighted by Gasteiger charge is -2.24. The molecule has 1 aromatic rings. The molecule has 1 fully saturated rings. The van der Waals surface area contributed by atoms with Gasteiger partial charge in [0.15, 0.2) is 11.5 Å². The van der Waals surface area contributed by atoms with E-state index in [1.54, 1.807) is 0 Å². The van der Waals surface area contributed by atoms with Gasteiger partial charge >= 0.3 is 0 Å². The van der Waals surface area contributed by atoms with Crippen molar-refractivity contribution in [2.45, 2.75) is 32.2 Å². The Balaban J connectivity index is 1.58. The highest BCUT2D eigenvalue weighted by Gasteiger charge is 2.17. The van der Waals surface area contributed by atoms with E-state index in [4.69, 9.17) is 14.2 Å². The summed E-state index contributed by atoms with van der Waals surface area (Å²) in [6, 6.07) is 6.60. The minimum atomic E-state index is 0.324. The highest BCUT2D eigenvalue weighted by molar-refractivity contribution is 5.44. The normalized spacial score (nSPS) is 20.8. The Labute approximate surface area is 126 Å². The molecule has 4 heteroatoms. The molecule has 1 N–H and O–H groups in total. The number of ether oxygens (including phenoxy) is 3. The third kappa shape index (κ3) is 3.89. The Morgan fingerprint density at radius 1 is 1.10 bits per heavy atom. The van der Waals surface area contributed by atoms with Crippen molar-refractivity contribution in [3.8, 4) is 11.5 Å². The average Bonchev–Trinajstić information content (AvgIpc) is 2.78. The molecule has 0 amide bonds. The molecular formula is C17H25NO3. The van der Waals surface area contributed by atoms with Crippen molar-refractivity contribution in [2.75, 3.05) is 33.0 Å². The molecule has 0 aliphatic carbocycles. The summed E-state index contributed by atoms with van der Waals surface area (Å²) >= 11 is 0. The van der Waals surface area contributed by atoms with Gasteiger partial charge in [0, 0.05) is 25.7 Å². The lowest BCUT2D eigenvalue weighted by atomic mass is 9.99. The first-order valence-electron chi connectivity index (χ1n) is 8.03. The van der Waals surface area contributed by atoms with E-state index in [-0.39, 0.29) is 0 Å². The first-order chi connectivity index (χ1) is 10.3. The fourth-order valence-corrected chi connectivity index (χ4v) is 2.86. The molecule has 2 aliphatic heterocycles. The lowest BCUT2D eigenvalue weighted by molar-refractivity contribution is 0.0656. The Morgan fingerprint density at radius 2 is 1.86 bits per heavy atom. The minimum absolute atomic E-state index is 0.324. The molecule has 1 saturated heterocycles. The van der Waals surface area contributed by atoms with Gasteiger partial charge in [0.1, 0.15) is 0 Å². The topological polar surface area (TPSA) is 39.7 Å². The van der Waals surface area contributed by atoms with Gasteiger partial charge in [-0.1, -0.05) is 6.07 Å². The molecule has 2 aliphatic rings. The first kappa shape index (κ1) is 14.7. The standard InChI is InChI=1S/C17H25NO3/c1-13(18-12-14-5-9-19-10-6-14)15-3-4-16-17(11-15)21-8-2-7-20-16/h3-4,11,13-14,18H,2,5-10,12H2,1H3. The van der Waals surface area contributed by atoms with E-state index < -0.39 is 0 Å². The summed E-state index contributed by atoms with van der Waals surface area (Å²) in [5, 5.41) is 3.64. The summed E-state index contributed by atoms with van der Waals surface area (Å²) in [6.45, 7) is 6.55. The minimum Gasteiger partial charge on any atom is -0.490 e. The predicted octanol–water partition coefficient (Wildman–Crippen LogP) is 2.93. The van der Waals surface area contributed by atoms with Crippen LogP contribution < -0.4 is 14.8 Å². The molecule has 21 heavy (non-hydrogen) atoms. The quantitative estimate of drug-likeness (QED) is 0.926. The summed E-state index contributed by atoms with van der Waals surface area (Å²) < 4.78 is 16.9. The number of benzene rings is 1. The van der Waals surface area contributed by atoms with E-state index in [0.717, 1.165) is 56.8 Å². The first-order valence-corrected chi connectivity index (χ1v) is 8.03. The van der Waals surface area contributed by atoms with Crippen LogP contribution in [0.25, 0.3) is 0 Å². The fourth-order valence-electron chi connectivity index (χ4n) is 2.86. The van der Waals surface area contributed by atoms with Gasteiger partial charge in [-0.05, 0) is 49.9 Å². The van der Waals surface area contributed by atoms with Crippen LogP contribution in [0.2, 0.25) is 0 Å². The van der Waals surface area contributed by atoms with Crippen LogP contribution in [-0.2, 0) is 4.74 Å². The Kier molecular flexibility index (Phi) is 4.99. The maximum atomic E-state index is 5.76. The molecule has 1 unspecified atom stereocenters. The van der Waals surface area contributed by atoms with Crippen LogP contribution in [0.15, 0.2) is 18.2 Å². The smallest absolute Gasteiger partial charge is 0.161 e. The Bertz CT molecular complexity index is 457. The maximum absolute atomic E-state index is 5.76. The summed E-state index contributed by atoms with van der Waals surface area (Å²) in [6.07, 6.45) is 3.28. The lowest BCUT2D eigenvalue weighted by Crippen LogP contribution is -2.29. The van der Waals surface area contributed by atoms with E-state index in [0.29, 0.717) is 6.04 Å². The van der Waals surface area contributed by atoms with Crippen molar-refractivity contribution >= 4 is 0 Å². The van der Waals surface area contributed by atoms with Gasteiger partial charge < -0.3 is 19.5 Å². The summed E-state index contributed by atoms with van der Waals surface area (Å²) in [7, 11) is 0. The van der Waals surface area contributed by atoms with E-state index >= 15 is 0 Å². The van der Waals surface area contributed by atoms with E-state index in [9.17, 15) is 0 Å². The van der Waals surface area contributed by atoms with Gasteiger partial charge in [-0.25, -0.2) is 0 Å². The van der Waals surface area contributed by atoms with E-state index in [1.165, 1.54) is 18.4 Å². The number of rotatable bonds is 4. The van der Waals surface area contributed by atoms with Crippen LogP contribution in [0, 0.1) is 5.92 Å². The Hall–Kier alpha value is -1.26. The van der Waals surface area contributed by atoms with Crippen LogP contribution in [0.4, 0.5) is 0 Å². The molecule has 1 atom stereocenters. The molecule has 3 rings (SSSR count). The maximum Gasteiger partial charge on any atom is 0.161 e. The van der Waals surface area contributed by atoms with Gasteiger partial charge in [-0.15, -0.1) is 0 Å². The predicted molar refractivity (Wildman–Crippen MR) is 82.0 cm³/mol. The molecule has 4 nitrogen and oxygen atoms in total. The number of fused-ring (bicyclic) bond motifs is 1. The van der Waals surface area contributed by atoms with Crippen molar-refractivity contribution in [1.82, 2.24) is 5.32 Å². The molecule has 116 valence electrons. The largest absolute Gasteiger partial charge is 0.490 e. The zero-order valence-corrected chi connectivity index (χ0v) is 12.8. The van der Waals surface area contributed by atoms with Crippen molar-refractivity contribution < 1.29 is 14.2 Å². The zero-order chi connectivity index (χ0) is 14.5. The highest BCUT2D eigenvalue weighted by Crippen LogP contribution is 2.32. The molecule has 0 saturated carbocycles. The second-order valence-electron chi connectivity index (χ2n) is 5.94. The summed E-state index contributed by atoms with van der Waals surface area (Å²) in [4.78, 5) is 0. The van der Waals surface area contributed by atoms with Gasteiger partial charge in [0.05, 0.1) is 13.2 Å². The Morgan fingerprint density at radius 3 is 2.67 bits per heavy atom. The molecule has 2 heterocycles. The SMILES string of the molecule is CC(NCC1CCOCC1)c1ccc2c(c1)OCCCO2. The van der Waals surface area contributed by atoms with Crippen molar-refractivity contribution in [3.05, 3.63) is 23.8 Å². The fraction of sp³-hybridized carbons (Fsp3) is 0.647. The third-order valence-corrected chi connectivity index (χ3v) is 4.33. The molecule has 1 aromatic carbocycles. The molecular weight excluding hydrogens is 266 g/mol. The summed E-state index contributed by atoms with van der Waals surface area (Å²) in [5.74, 6) is 2.49. The second-order valence-corrected chi connectivity index (χ2v) is 5.94. The molecule has 0 radical (unpaired) electrons. The zero-order valence-electron chi connectivity index (χ0n) is 12.8. The summed E-state index contributed by atoms with van der Waals surface area (Å²) in [5.41, 5.74) is 1.26. The van der Waals surface area contributed by atoms with Crippen molar-refractivity contribution in [1.29, 1.82) is 0 Å². The van der Waals surface area contributed by atoms with Gasteiger partial charge in [-0.3, -0.25) is 0 Å².